The van der Waals surface area contributed by atoms with Crippen LogP contribution in [0, 0.1) is 13.8 Å². The quantitative estimate of drug-likeness (QED) is 0.316. The van der Waals surface area contributed by atoms with Gasteiger partial charge in [0, 0.05) is 11.1 Å². The largest absolute Gasteiger partial charge is 0.294 e. The van der Waals surface area contributed by atoms with Crippen LogP contribution in [0.3, 0.4) is 0 Å². The van der Waals surface area contributed by atoms with Gasteiger partial charge in [-0.3, -0.25) is 9.35 Å². The lowest BCUT2D eigenvalue weighted by Gasteiger charge is -2.25. The molecule has 9 heteroatoms. The van der Waals surface area contributed by atoms with Gasteiger partial charge in [-0.2, -0.15) is 8.42 Å². The van der Waals surface area contributed by atoms with E-state index in [4.69, 9.17) is 0 Å². The van der Waals surface area contributed by atoms with Crippen molar-refractivity contribution in [3.05, 3.63) is 107 Å². The minimum absolute atomic E-state index is 0.0847. The van der Waals surface area contributed by atoms with E-state index in [1.54, 1.807) is 30.3 Å². The summed E-state index contributed by atoms with van der Waals surface area (Å²) in [6.45, 7) is 3.82. The summed E-state index contributed by atoms with van der Waals surface area (Å²) in [7, 11) is -8.65. The van der Waals surface area contributed by atoms with Crippen LogP contribution in [0.4, 0.5) is 11.4 Å². The lowest BCUT2D eigenvalue weighted by Crippen LogP contribution is -2.26. The standard InChI is InChI=1S/C27H21NO6S2/c1-17-3-7-19(8-4-17)28(20-9-5-18(2)6-10-20)35(30,31)21-11-13-23-24-14-12-22(36(32,33)34)16-26(24)27(29)25(23)15-21/h3-16H,1-2H3,(H,32,33,34). The SMILES string of the molecule is Cc1ccc(N(c2ccc(C)cc2)S(=O)(=O)c2ccc3c(c2)C(=O)c2cc(S(=O)(=O)O)ccc2-3)cc1. The molecule has 36 heavy (non-hydrogen) atoms. The number of ketones is 1. The fourth-order valence-electron chi connectivity index (χ4n) is 4.25. The molecule has 182 valence electrons. The number of anilines is 2. The van der Waals surface area contributed by atoms with Gasteiger partial charge in [0.2, 0.25) is 0 Å². The summed E-state index contributed by atoms with van der Waals surface area (Å²) in [5, 5.41) is 0. The third-order valence-corrected chi connectivity index (χ3v) is 8.74. The second-order valence-electron chi connectivity index (χ2n) is 8.66. The first-order chi connectivity index (χ1) is 17.0. The minimum atomic E-state index is -4.50. The fourth-order valence-corrected chi connectivity index (χ4v) is 6.27. The van der Waals surface area contributed by atoms with Crippen LogP contribution in [0.25, 0.3) is 11.1 Å². The minimum Gasteiger partial charge on any atom is -0.289 e. The number of nitrogens with zero attached hydrogens (tertiary/aromatic N) is 1. The molecular formula is C27H21NO6S2. The van der Waals surface area contributed by atoms with Gasteiger partial charge >= 0.3 is 0 Å². The van der Waals surface area contributed by atoms with Crippen molar-refractivity contribution in [3.63, 3.8) is 0 Å². The molecule has 1 aliphatic rings. The Hall–Kier alpha value is -3.79. The zero-order valence-corrected chi connectivity index (χ0v) is 21.0. The van der Waals surface area contributed by atoms with Crippen molar-refractivity contribution in [3.8, 4) is 11.1 Å². The lowest BCUT2D eigenvalue weighted by molar-refractivity contribution is 0.104. The fraction of sp³-hybridized carbons (Fsp3) is 0.0741. The summed E-state index contributed by atoms with van der Waals surface area (Å²) < 4.78 is 61.6. The van der Waals surface area contributed by atoms with Gasteiger partial charge in [-0.15, -0.1) is 0 Å². The Balaban J connectivity index is 1.64. The summed E-state index contributed by atoms with van der Waals surface area (Å²) in [6, 6.07) is 22.2. The molecule has 1 N–H and O–H groups in total. The molecule has 4 aromatic rings. The summed E-state index contributed by atoms with van der Waals surface area (Å²) in [5.74, 6) is -0.514. The van der Waals surface area contributed by atoms with E-state index in [0.717, 1.165) is 17.2 Å². The van der Waals surface area contributed by atoms with Crippen LogP contribution in [0.1, 0.15) is 27.0 Å². The molecule has 0 radical (unpaired) electrons. The highest BCUT2D eigenvalue weighted by Crippen LogP contribution is 2.40. The molecule has 0 heterocycles. The van der Waals surface area contributed by atoms with E-state index in [2.05, 4.69) is 0 Å². The van der Waals surface area contributed by atoms with Gasteiger partial charge in [0.05, 0.1) is 21.2 Å². The summed E-state index contributed by atoms with van der Waals surface area (Å²) in [6.07, 6.45) is 0. The number of carbonyl (C=O) groups excluding carboxylic acids is 1. The van der Waals surface area contributed by atoms with Crippen molar-refractivity contribution in [2.75, 3.05) is 4.31 Å². The smallest absolute Gasteiger partial charge is 0.289 e. The molecule has 0 spiro atoms. The molecule has 0 aliphatic heterocycles. The molecule has 0 bridgehead atoms. The molecule has 0 atom stereocenters. The number of aryl methyl sites for hydroxylation is 2. The average molecular weight is 520 g/mol. The van der Waals surface area contributed by atoms with Crippen molar-refractivity contribution >= 4 is 37.3 Å². The van der Waals surface area contributed by atoms with E-state index >= 15 is 0 Å². The van der Waals surface area contributed by atoms with Gasteiger partial charge in [-0.25, -0.2) is 12.7 Å². The van der Waals surface area contributed by atoms with Crippen molar-refractivity contribution in [2.45, 2.75) is 23.6 Å². The Kier molecular flexibility index (Phi) is 5.59. The van der Waals surface area contributed by atoms with Gasteiger partial charge in [-0.1, -0.05) is 47.5 Å². The van der Waals surface area contributed by atoms with Crippen molar-refractivity contribution in [1.82, 2.24) is 0 Å². The van der Waals surface area contributed by atoms with E-state index in [1.807, 2.05) is 38.1 Å². The van der Waals surface area contributed by atoms with Gasteiger partial charge in [0.25, 0.3) is 20.1 Å². The normalized spacial score (nSPS) is 12.8. The highest BCUT2D eigenvalue weighted by molar-refractivity contribution is 7.93. The zero-order chi connectivity index (χ0) is 25.8. The molecule has 0 unspecified atom stereocenters. The van der Waals surface area contributed by atoms with Gasteiger partial charge in [0.15, 0.2) is 5.78 Å². The predicted molar refractivity (Wildman–Crippen MR) is 137 cm³/mol. The summed E-state index contributed by atoms with van der Waals surface area (Å²) in [4.78, 5) is 12.7. The Labute approximate surface area is 209 Å². The highest BCUT2D eigenvalue weighted by atomic mass is 32.2. The van der Waals surface area contributed by atoms with Gasteiger partial charge in [0.1, 0.15) is 0 Å². The molecular weight excluding hydrogens is 498 g/mol. The third kappa shape index (κ3) is 4.01. The first-order valence-corrected chi connectivity index (χ1v) is 13.8. The first-order valence-electron chi connectivity index (χ1n) is 11.0. The maximum Gasteiger partial charge on any atom is 0.294 e. The van der Waals surface area contributed by atoms with Gasteiger partial charge in [-0.05, 0) is 73.5 Å². The maximum absolute atomic E-state index is 14.0. The van der Waals surface area contributed by atoms with Crippen LogP contribution < -0.4 is 4.31 Å². The number of benzene rings is 4. The third-order valence-electron chi connectivity index (χ3n) is 6.13. The van der Waals surface area contributed by atoms with Crippen LogP contribution in [-0.2, 0) is 20.1 Å². The van der Waals surface area contributed by atoms with Crippen LogP contribution in [0.15, 0.2) is 94.7 Å². The molecule has 0 saturated carbocycles. The maximum atomic E-state index is 14.0. The number of hydrogen-bond donors (Lipinski definition) is 1. The molecule has 1 aliphatic carbocycles. The molecule has 5 rings (SSSR count). The van der Waals surface area contributed by atoms with Crippen LogP contribution in [-0.4, -0.2) is 27.2 Å². The lowest BCUT2D eigenvalue weighted by atomic mass is 10.1. The molecule has 7 nitrogen and oxygen atoms in total. The van der Waals surface area contributed by atoms with Gasteiger partial charge < -0.3 is 0 Å². The summed E-state index contributed by atoms with van der Waals surface area (Å²) in [5.41, 5.74) is 4.04. The molecule has 4 aromatic carbocycles. The van der Waals surface area contributed by atoms with E-state index in [9.17, 15) is 26.2 Å². The molecule has 0 amide bonds. The highest BCUT2D eigenvalue weighted by Gasteiger charge is 2.32. The second kappa shape index (κ2) is 8.41. The average Bonchev–Trinajstić information content (AvgIpc) is 3.12. The van der Waals surface area contributed by atoms with E-state index in [0.29, 0.717) is 22.5 Å². The Bertz CT molecular complexity index is 1700. The Morgan fingerprint density at radius 2 is 1.00 bits per heavy atom. The molecule has 0 aromatic heterocycles. The number of fused-ring (bicyclic) bond motifs is 3. The Morgan fingerprint density at radius 1 is 0.583 bits per heavy atom. The first kappa shape index (κ1) is 23.9. The molecule has 0 saturated heterocycles. The van der Waals surface area contributed by atoms with Crippen molar-refractivity contribution < 1.29 is 26.2 Å². The van der Waals surface area contributed by atoms with E-state index < -0.39 is 30.8 Å². The number of rotatable bonds is 5. The van der Waals surface area contributed by atoms with Crippen molar-refractivity contribution in [1.29, 1.82) is 0 Å². The van der Waals surface area contributed by atoms with Crippen LogP contribution in [0.2, 0.25) is 0 Å². The monoisotopic (exact) mass is 519 g/mol. The van der Waals surface area contributed by atoms with E-state index in [-0.39, 0.29) is 16.0 Å². The zero-order valence-electron chi connectivity index (χ0n) is 19.3. The molecule has 0 fully saturated rings. The second-order valence-corrected chi connectivity index (χ2v) is 11.9. The van der Waals surface area contributed by atoms with Crippen molar-refractivity contribution in [2.24, 2.45) is 0 Å². The van der Waals surface area contributed by atoms with Crippen LogP contribution in [0.5, 0.6) is 0 Å². The van der Waals surface area contributed by atoms with E-state index in [1.165, 1.54) is 28.6 Å². The number of hydrogen-bond acceptors (Lipinski definition) is 5. The van der Waals surface area contributed by atoms with Crippen LogP contribution >= 0.6 is 0 Å². The summed E-state index contributed by atoms with van der Waals surface area (Å²) >= 11 is 0. The number of sulfonamides is 1. The Morgan fingerprint density at radius 3 is 1.44 bits per heavy atom. The predicted octanol–water partition coefficient (Wildman–Crippen LogP) is 5.29. The number of carbonyl (C=O) groups is 1. The topological polar surface area (TPSA) is 109 Å².